The van der Waals surface area contributed by atoms with Crippen molar-refractivity contribution in [2.75, 3.05) is 5.32 Å². The van der Waals surface area contributed by atoms with Crippen LogP contribution >= 0.6 is 11.6 Å². The molecule has 7 heteroatoms. The Hall–Kier alpha value is -2.86. The highest BCUT2D eigenvalue weighted by atomic mass is 35.5. The number of aryl methyl sites for hydroxylation is 1. The second-order valence-corrected chi connectivity index (χ2v) is 6.06. The number of hydrogen-bond donors (Lipinski definition) is 2. The van der Waals surface area contributed by atoms with Gasteiger partial charge in [0.1, 0.15) is 5.52 Å². The molecule has 2 aromatic heterocycles. The van der Waals surface area contributed by atoms with E-state index < -0.39 is 0 Å². The van der Waals surface area contributed by atoms with Crippen molar-refractivity contribution < 1.29 is 0 Å². The van der Waals surface area contributed by atoms with E-state index in [0.717, 1.165) is 27.6 Å². The van der Waals surface area contributed by atoms with E-state index >= 15 is 0 Å². The van der Waals surface area contributed by atoms with Gasteiger partial charge in [-0.25, -0.2) is 4.68 Å². The van der Waals surface area contributed by atoms with Crippen molar-refractivity contribution in [3.8, 4) is 0 Å². The minimum Gasteiger partial charge on any atom is -0.381 e. The molecule has 0 atom stereocenters. The normalized spacial score (nSPS) is 11.2. The van der Waals surface area contributed by atoms with Crippen molar-refractivity contribution in [1.29, 1.82) is 0 Å². The predicted octanol–water partition coefficient (Wildman–Crippen LogP) is 3.08. The fraction of sp³-hybridized carbons (Fsp3) is 0.118. The molecular weight excluding hydrogens is 326 g/mol. The zero-order valence-electron chi connectivity index (χ0n) is 12.9. The van der Waals surface area contributed by atoms with Gasteiger partial charge in [-0.3, -0.25) is 4.79 Å². The average molecular weight is 340 g/mol. The van der Waals surface area contributed by atoms with Gasteiger partial charge in [-0.2, -0.15) is 0 Å². The molecule has 0 fully saturated rings. The molecule has 0 radical (unpaired) electrons. The van der Waals surface area contributed by atoms with E-state index in [1.54, 1.807) is 16.8 Å². The van der Waals surface area contributed by atoms with Gasteiger partial charge in [-0.05, 0) is 42.5 Å². The Kier molecular flexibility index (Phi) is 3.46. The molecule has 24 heavy (non-hydrogen) atoms. The Bertz CT molecular complexity index is 1120. The monoisotopic (exact) mass is 339 g/mol. The SMILES string of the molecule is Cn1nnc2ccc(NCc3cc4cc(Cl)ccc4[nH]c3=O)cc21. The highest BCUT2D eigenvalue weighted by Gasteiger charge is 2.06. The average Bonchev–Trinajstić information content (AvgIpc) is 2.94. The lowest BCUT2D eigenvalue weighted by atomic mass is 10.1. The summed E-state index contributed by atoms with van der Waals surface area (Å²) < 4.78 is 1.71. The van der Waals surface area contributed by atoms with Crippen LogP contribution in [0.5, 0.6) is 0 Å². The molecule has 120 valence electrons. The number of H-pyrrole nitrogens is 1. The second kappa shape index (κ2) is 5.65. The quantitative estimate of drug-likeness (QED) is 0.601. The van der Waals surface area contributed by atoms with Gasteiger partial charge >= 0.3 is 0 Å². The highest BCUT2D eigenvalue weighted by molar-refractivity contribution is 6.31. The summed E-state index contributed by atoms with van der Waals surface area (Å²) in [6, 6.07) is 13.0. The zero-order valence-corrected chi connectivity index (χ0v) is 13.6. The summed E-state index contributed by atoms with van der Waals surface area (Å²) in [7, 11) is 1.84. The Morgan fingerprint density at radius 1 is 1.21 bits per heavy atom. The number of rotatable bonds is 3. The van der Waals surface area contributed by atoms with E-state index in [4.69, 9.17) is 11.6 Å². The Labute approximate surface area is 142 Å². The summed E-state index contributed by atoms with van der Waals surface area (Å²) in [5, 5.41) is 12.9. The fourth-order valence-corrected chi connectivity index (χ4v) is 2.87. The van der Waals surface area contributed by atoms with E-state index in [1.165, 1.54) is 0 Å². The number of benzene rings is 2. The topological polar surface area (TPSA) is 75.6 Å². The maximum Gasteiger partial charge on any atom is 0.253 e. The van der Waals surface area contributed by atoms with Crippen molar-refractivity contribution in [1.82, 2.24) is 20.0 Å². The Morgan fingerprint density at radius 2 is 2.08 bits per heavy atom. The lowest BCUT2D eigenvalue weighted by Gasteiger charge is -2.07. The zero-order chi connectivity index (χ0) is 16.7. The summed E-state index contributed by atoms with van der Waals surface area (Å²) in [5.74, 6) is 0. The van der Waals surface area contributed by atoms with Gasteiger partial charge in [-0.15, -0.1) is 5.10 Å². The third-order valence-electron chi connectivity index (χ3n) is 3.98. The molecule has 0 aliphatic carbocycles. The minimum absolute atomic E-state index is 0.111. The molecule has 6 nitrogen and oxygen atoms in total. The molecular formula is C17H14ClN5O. The first kappa shape index (κ1) is 14.7. The first-order valence-corrected chi connectivity index (χ1v) is 7.83. The molecule has 2 N–H and O–H groups in total. The predicted molar refractivity (Wildman–Crippen MR) is 95.4 cm³/mol. The molecule has 4 aromatic rings. The standard InChI is InChI=1S/C17H14ClN5O/c1-23-16-8-13(3-5-15(16)21-22-23)19-9-11-6-10-7-12(18)2-4-14(10)20-17(11)24/h2-8,19H,9H2,1H3,(H,20,24). The van der Waals surface area contributed by atoms with Crippen LogP contribution in [0.25, 0.3) is 21.9 Å². The van der Waals surface area contributed by atoms with Crippen LogP contribution in [0.2, 0.25) is 5.02 Å². The van der Waals surface area contributed by atoms with Crippen molar-refractivity contribution in [3.05, 3.63) is 63.4 Å². The minimum atomic E-state index is -0.111. The van der Waals surface area contributed by atoms with Crippen molar-refractivity contribution in [2.24, 2.45) is 7.05 Å². The van der Waals surface area contributed by atoms with Gasteiger partial charge in [0, 0.05) is 40.8 Å². The number of nitrogens with zero attached hydrogens (tertiary/aromatic N) is 3. The number of anilines is 1. The van der Waals surface area contributed by atoms with E-state index in [0.29, 0.717) is 17.1 Å². The van der Waals surface area contributed by atoms with Gasteiger partial charge in [0.2, 0.25) is 0 Å². The third-order valence-corrected chi connectivity index (χ3v) is 4.21. The van der Waals surface area contributed by atoms with Gasteiger partial charge in [0.25, 0.3) is 5.56 Å². The summed E-state index contributed by atoms with van der Waals surface area (Å²) >= 11 is 6.02. The lowest BCUT2D eigenvalue weighted by molar-refractivity contribution is 0.736. The Balaban J connectivity index is 1.64. The maximum absolute atomic E-state index is 12.2. The van der Waals surface area contributed by atoms with Crippen LogP contribution in [-0.4, -0.2) is 20.0 Å². The summed E-state index contributed by atoms with van der Waals surface area (Å²) in [4.78, 5) is 15.1. The highest BCUT2D eigenvalue weighted by Crippen LogP contribution is 2.19. The van der Waals surface area contributed by atoms with Crippen LogP contribution in [0.15, 0.2) is 47.3 Å². The third kappa shape index (κ3) is 2.61. The van der Waals surface area contributed by atoms with Gasteiger partial charge in [0.15, 0.2) is 0 Å². The summed E-state index contributed by atoms with van der Waals surface area (Å²) in [5.41, 5.74) is 3.98. The number of pyridine rings is 1. The van der Waals surface area contributed by atoms with E-state index in [2.05, 4.69) is 20.6 Å². The number of aromatic amines is 1. The molecule has 2 aromatic carbocycles. The summed E-state index contributed by atoms with van der Waals surface area (Å²) in [6.07, 6.45) is 0. The van der Waals surface area contributed by atoms with Crippen LogP contribution in [0.1, 0.15) is 5.56 Å². The van der Waals surface area contributed by atoms with Gasteiger partial charge in [-0.1, -0.05) is 16.8 Å². The molecule has 4 rings (SSSR count). The molecule has 0 saturated heterocycles. The second-order valence-electron chi connectivity index (χ2n) is 5.63. The first-order chi connectivity index (χ1) is 11.6. The molecule has 0 aliphatic rings. The first-order valence-electron chi connectivity index (χ1n) is 7.45. The van der Waals surface area contributed by atoms with E-state index in [9.17, 15) is 4.79 Å². The molecule has 0 aliphatic heterocycles. The fourth-order valence-electron chi connectivity index (χ4n) is 2.69. The van der Waals surface area contributed by atoms with E-state index in [-0.39, 0.29) is 5.56 Å². The smallest absolute Gasteiger partial charge is 0.253 e. The molecule has 0 amide bonds. The Morgan fingerprint density at radius 3 is 2.96 bits per heavy atom. The molecule has 0 unspecified atom stereocenters. The largest absolute Gasteiger partial charge is 0.381 e. The van der Waals surface area contributed by atoms with Gasteiger partial charge in [0.05, 0.1) is 5.52 Å². The van der Waals surface area contributed by atoms with Crippen LogP contribution in [-0.2, 0) is 13.6 Å². The molecule has 2 heterocycles. The number of nitrogens with one attached hydrogen (secondary N) is 2. The maximum atomic E-state index is 12.2. The van der Waals surface area contributed by atoms with Gasteiger partial charge < -0.3 is 10.3 Å². The number of halogens is 1. The van der Waals surface area contributed by atoms with Crippen molar-refractivity contribution in [2.45, 2.75) is 6.54 Å². The summed E-state index contributed by atoms with van der Waals surface area (Å²) in [6.45, 7) is 0.411. The number of aromatic nitrogens is 4. The van der Waals surface area contributed by atoms with Crippen molar-refractivity contribution >= 4 is 39.2 Å². The van der Waals surface area contributed by atoms with Crippen LogP contribution in [0.3, 0.4) is 0 Å². The lowest BCUT2D eigenvalue weighted by Crippen LogP contribution is -2.15. The van der Waals surface area contributed by atoms with E-state index in [1.807, 2.05) is 37.4 Å². The van der Waals surface area contributed by atoms with Crippen LogP contribution in [0.4, 0.5) is 5.69 Å². The van der Waals surface area contributed by atoms with Crippen molar-refractivity contribution in [3.63, 3.8) is 0 Å². The van der Waals surface area contributed by atoms with Crippen LogP contribution in [0, 0.1) is 0 Å². The number of fused-ring (bicyclic) bond motifs is 2. The molecule has 0 saturated carbocycles. The van der Waals surface area contributed by atoms with Crippen LogP contribution < -0.4 is 10.9 Å². The molecule has 0 bridgehead atoms. The number of hydrogen-bond acceptors (Lipinski definition) is 4. The molecule has 0 spiro atoms.